The molecule has 0 saturated heterocycles. The molecule has 0 amide bonds. The number of rotatable bonds is 1. The number of aromatic amines is 1. The van der Waals surface area contributed by atoms with Crippen molar-refractivity contribution in [3.8, 4) is 0 Å². The first-order valence-electron chi connectivity index (χ1n) is 4.18. The van der Waals surface area contributed by atoms with Crippen molar-refractivity contribution >= 4 is 11.5 Å². The fourth-order valence-corrected chi connectivity index (χ4v) is 1.58. The van der Waals surface area contributed by atoms with E-state index in [4.69, 9.17) is 0 Å². The molecule has 1 aliphatic heterocycles. The van der Waals surface area contributed by atoms with Crippen molar-refractivity contribution in [1.29, 1.82) is 0 Å². The molecule has 64 valence electrons. The second-order valence-electron chi connectivity index (χ2n) is 3.26. The Morgan fingerprint density at radius 3 is 3.25 bits per heavy atom. The van der Waals surface area contributed by atoms with Gasteiger partial charge in [0.25, 0.3) is 0 Å². The topological polar surface area (TPSA) is 44.9 Å². The Bertz CT molecular complexity index is 303. The molecule has 3 heteroatoms. The Hall–Kier alpha value is -1.25. The van der Waals surface area contributed by atoms with E-state index in [1.807, 2.05) is 12.3 Å². The van der Waals surface area contributed by atoms with Gasteiger partial charge in [-0.15, -0.1) is 0 Å². The minimum Gasteiger partial charge on any atom is -0.383 e. The maximum absolute atomic E-state index is 11.1. The maximum Gasteiger partial charge on any atom is 0.135 e. The molecule has 12 heavy (non-hydrogen) atoms. The first-order valence-corrected chi connectivity index (χ1v) is 4.18. The molecule has 2 rings (SSSR count). The second kappa shape index (κ2) is 2.66. The van der Waals surface area contributed by atoms with Crippen LogP contribution in [0.2, 0.25) is 0 Å². The zero-order chi connectivity index (χ0) is 8.55. The van der Waals surface area contributed by atoms with Crippen molar-refractivity contribution in [1.82, 2.24) is 4.98 Å². The average molecular weight is 164 g/mol. The lowest BCUT2D eigenvalue weighted by Crippen LogP contribution is -2.27. The van der Waals surface area contributed by atoms with Crippen LogP contribution < -0.4 is 5.32 Å². The molecule has 0 fully saturated rings. The van der Waals surface area contributed by atoms with Crippen LogP contribution in [0.15, 0.2) is 12.3 Å². The van der Waals surface area contributed by atoms with Gasteiger partial charge in [-0.2, -0.15) is 0 Å². The van der Waals surface area contributed by atoms with Crippen LogP contribution in [0.1, 0.15) is 12.6 Å². The summed E-state index contributed by atoms with van der Waals surface area (Å²) in [6.07, 6.45) is 2.75. The van der Waals surface area contributed by atoms with Gasteiger partial charge in [-0.25, -0.2) is 0 Å². The van der Waals surface area contributed by atoms with Gasteiger partial charge in [0.05, 0.1) is 5.69 Å². The number of Topliss-reactive ketones (excluding diaryl/α,β-unsaturated/α-hetero) is 1. The van der Waals surface area contributed by atoms with Crippen LogP contribution in [-0.4, -0.2) is 17.3 Å². The minimum atomic E-state index is 0.149. The largest absolute Gasteiger partial charge is 0.383 e. The number of fused-ring (bicyclic) bond motifs is 1. The summed E-state index contributed by atoms with van der Waals surface area (Å²) in [7, 11) is 0. The number of anilines is 1. The molecule has 1 unspecified atom stereocenters. The summed E-state index contributed by atoms with van der Waals surface area (Å²) in [6, 6.07) is 2.01. The van der Waals surface area contributed by atoms with Crippen molar-refractivity contribution in [2.24, 2.45) is 5.92 Å². The number of nitrogens with one attached hydrogen (secondary N) is 2. The molecular weight excluding hydrogens is 152 g/mol. The predicted octanol–water partition coefficient (Wildman–Crippen LogP) is 1.19. The molecule has 0 saturated carbocycles. The van der Waals surface area contributed by atoms with E-state index >= 15 is 0 Å². The van der Waals surface area contributed by atoms with Crippen LogP contribution >= 0.6 is 0 Å². The Labute approximate surface area is 71.2 Å². The minimum absolute atomic E-state index is 0.149. The molecule has 1 atom stereocenters. The van der Waals surface area contributed by atoms with Gasteiger partial charge in [-0.05, 0) is 13.0 Å². The third kappa shape index (κ3) is 1.11. The highest BCUT2D eigenvalue weighted by Crippen LogP contribution is 2.23. The zero-order valence-corrected chi connectivity index (χ0v) is 7.05. The van der Waals surface area contributed by atoms with Crippen LogP contribution in [0.25, 0.3) is 0 Å². The summed E-state index contributed by atoms with van der Waals surface area (Å²) < 4.78 is 0. The van der Waals surface area contributed by atoms with E-state index in [2.05, 4.69) is 10.3 Å². The molecule has 2 heterocycles. The second-order valence-corrected chi connectivity index (χ2v) is 3.26. The monoisotopic (exact) mass is 164 g/mol. The molecular formula is C9H12N2O. The van der Waals surface area contributed by atoms with Gasteiger partial charge in [0.2, 0.25) is 0 Å². The van der Waals surface area contributed by atoms with E-state index in [9.17, 15) is 4.79 Å². The maximum atomic E-state index is 11.1. The third-order valence-corrected chi connectivity index (χ3v) is 2.40. The highest BCUT2D eigenvalue weighted by Gasteiger charge is 2.21. The Morgan fingerprint density at radius 1 is 1.67 bits per heavy atom. The van der Waals surface area contributed by atoms with Crippen molar-refractivity contribution < 1.29 is 4.79 Å². The smallest absolute Gasteiger partial charge is 0.135 e. The summed E-state index contributed by atoms with van der Waals surface area (Å²) in [5.41, 5.74) is 2.30. The van der Waals surface area contributed by atoms with Crippen molar-refractivity contribution in [3.63, 3.8) is 0 Å². The van der Waals surface area contributed by atoms with Crippen LogP contribution in [0.5, 0.6) is 0 Å². The quantitative estimate of drug-likeness (QED) is 0.654. The predicted molar refractivity (Wildman–Crippen MR) is 47.2 cm³/mol. The standard InChI is InChI=1S/C9H12N2O/c1-6(12)7-4-9-8(11-5-7)2-3-10-9/h2-3,7,10-11H,4-5H2,1H3. The van der Waals surface area contributed by atoms with E-state index in [1.54, 1.807) is 6.92 Å². The van der Waals surface area contributed by atoms with E-state index < -0.39 is 0 Å². The number of H-pyrrole nitrogens is 1. The average Bonchev–Trinajstić information content (AvgIpc) is 2.49. The fraction of sp³-hybridized carbons (Fsp3) is 0.444. The SMILES string of the molecule is CC(=O)C1CNc2cc[nH]c2C1. The molecule has 1 aromatic rings. The van der Waals surface area contributed by atoms with E-state index in [0.29, 0.717) is 0 Å². The first-order chi connectivity index (χ1) is 5.77. The lowest BCUT2D eigenvalue weighted by Gasteiger charge is -2.21. The number of carbonyl (C=O) groups excluding carboxylic acids is 1. The molecule has 0 spiro atoms. The first kappa shape index (κ1) is 7.40. The summed E-state index contributed by atoms with van der Waals surface area (Å²) in [6.45, 7) is 2.43. The van der Waals surface area contributed by atoms with Gasteiger partial charge in [0.15, 0.2) is 0 Å². The van der Waals surface area contributed by atoms with E-state index in [1.165, 1.54) is 0 Å². The number of carbonyl (C=O) groups is 1. The van der Waals surface area contributed by atoms with E-state index in [0.717, 1.165) is 24.3 Å². The lowest BCUT2D eigenvalue weighted by atomic mass is 9.95. The summed E-state index contributed by atoms with van der Waals surface area (Å²) in [5.74, 6) is 0.416. The molecule has 1 aromatic heterocycles. The fourth-order valence-electron chi connectivity index (χ4n) is 1.58. The van der Waals surface area contributed by atoms with Crippen molar-refractivity contribution in [3.05, 3.63) is 18.0 Å². The van der Waals surface area contributed by atoms with Gasteiger partial charge in [0.1, 0.15) is 5.78 Å². The van der Waals surface area contributed by atoms with Crippen LogP contribution in [0, 0.1) is 5.92 Å². The number of ketones is 1. The van der Waals surface area contributed by atoms with Gasteiger partial charge in [-0.3, -0.25) is 4.79 Å². The summed E-state index contributed by atoms with van der Waals surface area (Å²) in [5, 5.41) is 3.22. The molecule has 2 N–H and O–H groups in total. The van der Waals surface area contributed by atoms with Gasteiger partial charge in [0, 0.05) is 30.8 Å². The molecule has 0 aliphatic carbocycles. The van der Waals surface area contributed by atoms with Crippen molar-refractivity contribution in [2.45, 2.75) is 13.3 Å². The van der Waals surface area contributed by atoms with E-state index in [-0.39, 0.29) is 11.7 Å². The highest BCUT2D eigenvalue weighted by atomic mass is 16.1. The molecule has 3 nitrogen and oxygen atoms in total. The third-order valence-electron chi connectivity index (χ3n) is 2.40. The van der Waals surface area contributed by atoms with Crippen LogP contribution in [-0.2, 0) is 11.2 Å². The Kier molecular flexibility index (Phi) is 1.64. The highest BCUT2D eigenvalue weighted by molar-refractivity contribution is 5.80. The zero-order valence-electron chi connectivity index (χ0n) is 7.05. The van der Waals surface area contributed by atoms with Gasteiger partial charge >= 0.3 is 0 Å². The number of hydrogen-bond donors (Lipinski definition) is 2. The summed E-state index contributed by atoms with van der Waals surface area (Å²) in [4.78, 5) is 14.2. The molecule has 0 bridgehead atoms. The lowest BCUT2D eigenvalue weighted by molar-refractivity contribution is -0.120. The molecule has 0 aromatic carbocycles. The Balaban J connectivity index is 2.20. The Morgan fingerprint density at radius 2 is 2.50 bits per heavy atom. The van der Waals surface area contributed by atoms with Crippen LogP contribution in [0.4, 0.5) is 5.69 Å². The molecule has 1 aliphatic rings. The van der Waals surface area contributed by atoms with Crippen LogP contribution in [0.3, 0.4) is 0 Å². The number of hydrogen-bond acceptors (Lipinski definition) is 2. The van der Waals surface area contributed by atoms with Crippen molar-refractivity contribution in [2.75, 3.05) is 11.9 Å². The number of aromatic nitrogens is 1. The summed E-state index contributed by atoms with van der Waals surface area (Å²) >= 11 is 0. The normalized spacial score (nSPS) is 21.2. The van der Waals surface area contributed by atoms with Gasteiger partial charge < -0.3 is 10.3 Å². The molecule has 0 radical (unpaired) electrons. The van der Waals surface area contributed by atoms with Gasteiger partial charge in [-0.1, -0.05) is 0 Å².